The number of hydrogen-bond acceptors (Lipinski definition) is 3. The summed E-state index contributed by atoms with van der Waals surface area (Å²) in [4.78, 5) is 12.6. The third-order valence-electron chi connectivity index (χ3n) is 9.25. The molecule has 7 atom stereocenters. The summed E-state index contributed by atoms with van der Waals surface area (Å²) in [5.41, 5.74) is 1.98. The van der Waals surface area contributed by atoms with Crippen molar-refractivity contribution in [3.8, 4) is 0 Å². The minimum Gasteiger partial charge on any atom is -0.353 e. The van der Waals surface area contributed by atoms with Gasteiger partial charge in [-0.15, -0.1) is 0 Å². The molecule has 3 saturated carbocycles. The van der Waals surface area contributed by atoms with E-state index in [9.17, 15) is 4.79 Å². The highest BCUT2D eigenvalue weighted by Gasteiger charge is 2.58. The largest absolute Gasteiger partial charge is 0.353 e. The van der Waals surface area contributed by atoms with Crippen LogP contribution in [0.2, 0.25) is 0 Å². The third kappa shape index (κ3) is 2.87. The maximum absolute atomic E-state index is 12.6. The topological polar surface area (TPSA) is 35.5 Å². The predicted octanol–water partition coefficient (Wildman–Crippen LogP) is 5.43. The van der Waals surface area contributed by atoms with Crippen LogP contribution in [-0.4, -0.2) is 24.8 Å². The Kier molecular flexibility index (Phi) is 4.55. The first-order valence-corrected chi connectivity index (χ1v) is 11.5. The van der Waals surface area contributed by atoms with Gasteiger partial charge in [-0.1, -0.05) is 25.5 Å². The van der Waals surface area contributed by atoms with Crippen molar-refractivity contribution in [2.24, 2.45) is 28.6 Å². The number of hydrogen-bond donors (Lipinski definition) is 0. The minimum atomic E-state index is -0.0124. The Morgan fingerprint density at radius 1 is 1.04 bits per heavy atom. The quantitative estimate of drug-likeness (QED) is 0.606. The molecule has 0 aromatic heterocycles. The molecule has 1 aliphatic heterocycles. The summed E-state index contributed by atoms with van der Waals surface area (Å²) < 4.78 is 12.2. The fraction of sp³-hybridized carbons (Fsp3) is 0.875. The Balaban J connectivity index is 1.32. The number of allylic oxidation sites excluding steroid dienone is 1. The van der Waals surface area contributed by atoms with Crippen molar-refractivity contribution in [3.05, 3.63) is 11.6 Å². The number of ether oxygens (including phenoxy) is 2. The van der Waals surface area contributed by atoms with Crippen LogP contribution < -0.4 is 0 Å². The highest BCUT2D eigenvalue weighted by atomic mass is 16.7. The number of ketones is 1. The highest BCUT2D eigenvalue weighted by Crippen LogP contribution is 2.64. The molecule has 3 nitrogen and oxygen atoms in total. The highest BCUT2D eigenvalue weighted by molar-refractivity contribution is 5.87. The van der Waals surface area contributed by atoms with E-state index in [1.54, 1.807) is 5.57 Å². The molecule has 0 aromatic carbocycles. The van der Waals surface area contributed by atoms with Gasteiger partial charge in [-0.05, 0) is 87.4 Å². The van der Waals surface area contributed by atoms with Crippen LogP contribution >= 0.6 is 0 Å². The molecule has 0 radical (unpaired) electrons. The van der Waals surface area contributed by atoms with E-state index >= 15 is 0 Å². The number of carbonyl (C=O) groups excluding carboxylic acids is 1. The van der Waals surface area contributed by atoms with E-state index in [0.29, 0.717) is 23.2 Å². The molecule has 5 aliphatic rings. The van der Waals surface area contributed by atoms with Crippen molar-refractivity contribution < 1.29 is 14.3 Å². The van der Waals surface area contributed by atoms with E-state index in [4.69, 9.17) is 9.47 Å². The molecule has 3 heteroatoms. The monoisotopic (exact) mass is 372 g/mol. The zero-order chi connectivity index (χ0) is 18.6. The molecule has 27 heavy (non-hydrogen) atoms. The summed E-state index contributed by atoms with van der Waals surface area (Å²) >= 11 is 0. The number of carbonyl (C=O) groups is 1. The summed E-state index contributed by atoms with van der Waals surface area (Å²) in [5, 5.41) is 0. The van der Waals surface area contributed by atoms with Gasteiger partial charge >= 0.3 is 0 Å². The van der Waals surface area contributed by atoms with Gasteiger partial charge in [0.15, 0.2) is 6.29 Å². The average Bonchev–Trinajstić information content (AvgIpc) is 2.98. The van der Waals surface area contributed by atoms with E-state index in [1.807, 2.05) is 0 Å². The molecular formula is C24H36O3. The summed E-state index contributed by atoms with van der Waals surface area (Å²) in [5.74, 6) is 2.68. The van der Waals surface area contributed by atoms with Crippen molar-refractivity contribution in [1.29, 1.82) is 0 Å². The Morgan fingerprint density at radius 3 is 2.67 bits per heavy atom. The molecule has 4 fully saturated rings. The summed E-state index contributed by atoms with van der Waals surface area (Å²) in [6.07, 6.45) is 15.4. The van der Waals surface area contributed by atoms with Crippen LogP contribution in [0.3, 0.4) is 0 Å². The van der Waals surface area contributed by atoms with Crippen LogP contribution in [0, 0.1) is 28.6 Å². The first-order valence-electron chi connectivity index (χ1n) is 11.5. The normalized spacial score (nSPS) is 49.8. The van der Waals surface area contributed by atoms with Crippen LogP contribution in [0.1, 0.15) is 84.5 Å². The molecule has 1 heterocycles. The maximum atomic E-state index is 12.6. The van der Waals surface area contributed by atoms with Gasteiger partial charge in [0.1, 0.15) is 5.78 Å². The van der Waals surface area contributed by atoms with Crippen molar-refractivity contribution in [1.82, 2.24) is 0 Å². The van der Waals surface area contributed by atoms with Crippen molar-refractivity contribution in [2.45, 2.75) is 96.9 Å². The molecule has 1 unspecified atom stereocenters. The zero-order valence-electron chi connectivity index (χ0n) is 17.2. The van der Waals surface area contributed by atoms with E-state index in [2.05, 4.69) is 19.9 Å². The van der Waals surface area contributed by atoms with Gasteiger partial charge in [0.05, 0.1) is 6.10 Å². The summed E-state index contributed by atoms with van der Waals surface area (Å²) in [7, 11) is 0. The first kappa shape index (κ1) is 18.4. The maximum Gasteiger partial charge on any atom is 0.157 e. The van der Waals surface area contributed by atoms with Gasteiger partial charge in [0.2, 0.25) is 0 Å². The molecule has 0 N–H and O–H groups in total. The molecule has 0 bridgehead atoms. The first-order chi connectivity index (χ1) is 13.0. The second-order valence-corrected chi connectivity index (χ2v) is 10.5. The molecule has 5 rings (SSSR count). The van der Waals surface area contributed by atoms with Crippen LogP contribution in [0.25, 0.3) is 0 Å². The Bertz CT molecular complexity index is 634. The number of Topliss-reactive ketones (excluding diaryl/α,β-unsaturated/α-hetero) is 1. The lowest BCUT2D eigenvalue weighted by Gasteiger charge is -2.57. The van der Waals surface area contributed by atoms with E-state index in [1.165, 1.54) is 32.1 Å². The van der Waals surface area contributed by atoms with Crippen molar-refractivity contribution >= 4 is 5.78 Å². The van der Waals surface area contributed by atoms with Gasteiger partial charge in [-0.2, -0.15) is 0 Å². The predicted molar refractivity (Wildman–Crippen MR) is 105 cm³/mol. The Labute approximate surface area is 164 Å². The lowest BCUT2D eigenvalue weighted by molar-refractivity contribution is -0.195. The number of rotatable bonds is 2. The molecule has 1 saturated heterocycles. The van der Waals surface area contributed by atoms with Crippen LogP contribution in [0.15, 0.2) is 11.6 Å². The molecule has 0 amide bonds. The molecule has 150 valence electrons. The second-order valence-electron chi connectivity index (χ2n) is 10.5. The van der Waals surface area contributed by atoms with Crippen LogP contribution in [-0.2, 0) is 14.3 Å². The molecular weight excluding hydrogens is 336 g/mol. The van der Waals surface area contributed by atoms with Gasteiger partial charge in [-0.25, -0.2) is 0 Å². The molecule has 0 aromatic rings. The summed E-state index contributed by atoms with van der Waals surface area (Å²) in [6, 6.07) is 0. The molecule has 0 spiro atoms. The van der Waals surface area contributed by atoms with E-state index < -0.39 is 0 Å². The van der Waals surface area contributed by atoms with Gasteiger partial charge in [-0.3, -0.25) is 4.79 Å². The number of fused-ring (bicyclic) bond motifs is 5. The van der Waals surface area contributed by atoms with Crippen LogP contribution in [0.4, 0.5) is 0 Å². The minimum absolute atomic E-state index is 0.0124. The van der Waals surface area contributed by atoms with Crippen LogP contribution in [0.5, 0.6) is 0 Å². The standard InChI is InChI=1S/C24H36O3/c1-23-12-10-17(27-22-5-3-4-14-26-22)15-16(23)6-7-18-19-8-9-21(25)24(19,2)13-11-20(18)23/h6,17-20,22H,3-5,7-15H2,1-2H3/t17-,18-,19-,20-,22?,23-,24-/m0/s1. The summed E-state index contributed by atoms with van der Waals surface area (Å²) in [6.45, 7) is 5.67. The van der Waals surface area contributed by atoms with Gasteiger partial charge < -0.3 is 9.47 Å². The Hall–Kier alpha value is -0.670. The Morgan fingerprint density at radius 2 is 1.85 bits per heavy atom. The average molecular weight is 373 g/mol. The smallest absolute Gasteiger partial charge is 0.157 e. The van der Waals surface area contributed by atoms with Gasteiger partial charge in [0, 0.05) is 18.4 Å². The second kappa shape index (κ2) is 6.69. The third-order valence-corrected chi connectivity index (χ3v) is 9.25. The van der Waals surface area contributed by atoms with E-state index in [0.717, 1.165) is 57.0 Å². The fourth-order valence-electron chi connectivity index (χ4n) is 7.55. The SMILES string of the molecule is C[C@]12CC[C@H](OC3CCCCO3)CC1=CC[C@@H]1[C@@H]2CC[C@]2(C)C(=O)CC[C@@H]12. The van der Waals surface area contributed by atoms with Gasteiger partial charge in [0.25, 0.3) is 0 Å². The lowest BCUT2D eigenvalue weighted by Crippen LogP contribution is -2.50. The molecule has 4 aliphatic carbocycles. The van der Waals surface area contributed by atoms with Crippen molar-refractivity contribution in [2.75, 3.05) is 6.61 Å². The fourth-order valence-corrected chi connectivity index (χ4v) is 7.55. The zero-order valence-corrected chi connectivity index (χ0v) is 17.2. The lowest BCUT2D eigenvalue weighted by atomic mass is 9.48. The van der Waals surface area contributed by atoms with Crippen molar-refractivity contribution in [3.63, 3.8) is 0 Å². The van der Waals surface area contributed by atoms with E-state index in [-0.39, 0.29) is 11.7 Å².